The molecule has 0 N–H and O–H groups in total. The summed E-state index contributed by atoms with van der Waals surface area (Å²) in [5, 5.41) is 3.98. The summed E-state index contributed by atoms with van der Waals surface area (Å²) in [5.41, 5.74) is 9.29. The Labute approximate surface area is 264 Å². The molecule has 3 aromatic carbocycles. The maximum Gasteiger partial charge on any atom is 4.00 e. The van der Waals surface area contributed by atoms with Crippen LogP contribution in [0.15, 0.2) is 77.4 Å². The van der Waals surface area contributed by atoms with Crippen LogP contribution in [0.2, 0.25) is 5.04 Å². The molecule has 0 saturated heterocycles. The Kier molecular flexibility index (Phi) is 13.4. The third kappa shape index (κ3) is 6.07. The first-order valence-corrected chi connectivity index (χ1v) is 14.1. The molecule has 0 amide bonds. The van der Waals surface area contributed by atoms with Crippen LogP contribution in [0.25, 0.3) is 0 Å². The van der Waals surface area contributed by atoms with Crippen LogP contribution in [-0.4, -0.2) is 15.2 Å². The second-order valence-corrected chi connectivity index (χ2v) is 14.6. The number of hydrogen-bond donors (Lipinski definition) is 0. The molecule has 0 fully saturated rings. The van der Waals surface area contributed by atoms with Crippen LogP contribution in [0.4, 0.5) is 0 Å². The third-order valence-corrected chi connectivity index (χ3v) is 13.4. The van der Waals surface area contributed by atoms with Gasteiger partial charge in [0.1, 0.15) is 13.8 Å². The van der Waals surface area contributed by atoms with E-state index in [1.807, 2.05) is 0 Å². The number of hydrogen-bond acceptors (Lipinski definition) is 1. The summed E-state index contributed by atoms with van der Waals surface area (Å²) in [7, 11) is -0.942. The minimum absolute atomic E-state index is 0. The number of allylic oxidation sites excluding steroid dienone is 4. The molecule has 1 unspecified atom stereocenters. The molecular formula is C32H37Cl3OSiTi. The predicted octanol–water partition coefficient (Wildman–Crippen LogP) is -2.73. The molecule has 6 heteroatoms. The molecule has 1 aliphatic rings. The van der Waals surface area contributed by atoms with Crippen molar-refractivity contribution in [2.75, 3.05) is 7.11 Å². The van der Waals surface area contributed by atoms with Gasteiger partial charge >= 0.3 is 21.7 Å². The van der Waals surface area contributed by atoms with Gasteiger partial charge in [-0.1, -0.05) is 96.6 Å². The minimum Gasteiger partial charge on any atom is -1.00 e. The molecule has 0 saturated carbocycles. The molecule has 3 aromatic rings. The molecule has 1 aliphatic carbocycles. The third-order valence-electron chi connectivity index (χ3n) is 7.87. The van der Waals surface area contributed by atoms with Crippen LogP contribution < -0.4 is 57.5 Å². The smallest absolute Gasteiger partial charge is 1.00 e. The molecule has 0 spiro atoms. The van der Waals surface area contributed by atoms with Crippen LogP contribution in [-0.2, 0) is 21.7 Å². The number of halogens is 3. The largest absolute Gasteiger partial charge is 4.00 e. The molecule has 38 heavy (non-hydrogen) atoms. The van der Waals surface area contributed by atoms with E-state index in [4.69, 9.17) is 4.74 Å². The topological polar surface area (TPSA) is 9.23 Å². The van der Waals surface area contributed by atoms with Crippen LogP contribution in [0, 0.1) is 33.8 Å². The van der Waals surface area contributed by atoms with Crippen molar-refractivity contribution >= 4 is 23.6 Å². The maximum atomic E-state index is 5.77. The van der Waals surface area contributed by atoms with E-state index in [0.29, 0.717) is 0 Å². The zero-order valence-electron chi connectivity index (χ0n) is 23.8. The Morgan fingerprint density at radius 2 is 1.11 bits per heavy atom. The fraction of sp³-hybridized carbons (Fsp3) is 0.312. The van der Waals surface area contributed by atoms with E-state index in [2.05, 4.69) is 122 Å². The fourth-order valence-electron chi connectivity index (χ4n) is 6.20. The van der Waals surface area contributed by atoms with Gasteiger partial charge in [0, 0.05) is 0 Å². The van der Waals surface area contributed by atoms with Gasteiger partial charge in [-0.2, -0.15) is 11.1 Å². The van der Waals surface area contributed by atoms with Gasteiger partial charge in [-0.3, -0.25) is 6.08 Å². The first kappa shape index (κ1) is 36.7. The average Bonchev–Trinajstić information content (AvgIpc) is 2.96. The molecule has 200 valence electrons. The Bertz CT molecular complexity index is 1260. The summed E-state index contributed by atoms with van der Waals surface area (Å²) >= 11 is 0. The Morgan fingerprint density at radius 1 is 0.658 bits per heavy atom. The second-order valence-electron chi connectivity index (χ2n) is 10.4. The molecule has 0 bridgehead atoms. The Morgan fingerprint density at radius 3 is 1.47 bits per heavy atom. The van der Waals surface area contributed by atoms with E-state index < -0.39 is 8.07 Å². The standard InChI is InChI=1S/C32H37OSi.3ClH.Ti/c1-21-13-22(2)16-30(15-21)34(29-12-10-11-28(19-29)33-9,31-17-23(3)14-24(4)18-31)32(8)20-25(5)26(6)27(32)7;;;;/h10-19H,1-9H3;3*1H;/q-1;;;;+4/p-3. The summed E-state index contributed by atoms with van der Waals surface area (Å²) in [4.78, 5) is 0. The van der Waals surface area contributed by atoms with E-state index in [0.717, 1.165) is 5.75 Å². The first-order valence-electron chi connectivity index (χ1n) is 12.1. The van der Waals surface area contributed by atoms with Crippen molar-refractivity contribution in [3.63, 3.8) is 0 Å². The Balaban J connectivity index is 0.00000342. The van der Waals surface area contributed by atoms with Gasteiger partial charge in [-0.15, -0.1) is 6.92 Å². The molecule has 1 atom stereocenters. The van der Waals surface area contributed by atoms with Crippen molar-refractivity contribution < 1.29 is 63.7 Å². The van der Waals surface area contributed by atoms with Gasteiger partial charge < -0.3 is 42.0 Å². The second kappa shape index (κ2) is 13.9. The summed E-state index contributed by atoms with van der Waals surface area (Å²) in [6.07, 6.45) is 4.04. The molecule has 4 rings (SSSR count). The molecule has 1 nitrogen and oxygen atoms in total. The molecule has 0 heterocycles. The molecular weight excluding hydrogens is 583 g/mol. The minimum atomic E-state index is -2.70. The van der Waals surface area contributed by atoms with Crippen molar-refractivity contribution in [1.29, 1.82) is 0 Å². The van der Waals surface area contributed by atoms with Gasteiger partial charge in [0.2, 0.25) is 0 Å². The number of methoxy groups -OCH3 is 1. The van der Waals surface area contributed by atoms with E-state index in [9.17, 15) is 0 Å². The van der Waals surface area contributed by atoms with Crippen molar-refractivity contribution in [1.82, 2.24) is 0 Å². The number of rotatable bonds is 5. The predicted molar refractivity (Wildman–Crippen MR) is 149 cm³/mol. The van der Waals surface area contributed by atoms with E-state index in [-0.39, 0.29) is 64.0 Å². The maximum absolute atomic E-state index is 5.77. The summed E-state index contributed by atoms with van der Waals surface area (Å²) in [6, 6.07) is 23.1. The van der Waals surface area contributed by atoms with Crippen LogP contribution in [0.5, 0.6) is 5.75 Å². The van der Waals surface area contributed by atoms with Gasteiger partial charge in [0.15, 0.2) is 0 Å². The number of ether oxygens (including phenoxy) is 1. The zero-order chi connectivity index (χ0) is 24.8. The summed E-state index contributed by atoms with van der Waals surface area (Å²) in [5.74, 6) is 0.906. The summed E-state index contributed by atoms with van der Waals surface area (Å²) < 4.78 is 5.77. The Hall–Kier alpha value is -1.26. The SMILES string of the molecule is COc1cccc([Si](c2cc(C)cc(C)c2)(c2cc(C)cc(C)c2)C2(C)[C-]=C(C)C(C)=C2C)c1.[Cl-].[Cl-].[Cl-].[Ti+4]. The monoisotopic (exact) mass is 618 g/mol. The molecule has 0 radical (unpaired) electrons. The summed E-state index contributed by atoms with van der Waals surface area (Å²) in [6.45, 7) is 18.1. The van der Waals surface area contributed by atoms with Crippen LogP contribution >= 0.6 is 0 Å². The van der Waals surface area contributed by atoms with Gasteiger partial charge in [0.25, 0.3) is 0 Å². The van der Waals surface area contributed by atoms with E-state index in [1.165, 1.54) is 54.5 Å². The van der Waals surface area contributed by atoms with Crippen molar-refractivity contribution in [2.45, 2.75) is 60.4 Å². The van der Waals surface area contributed by atoms with E-state index in [1.54, 1.807) is 7.11 Å². The fourth-order valence-corrected chi connectivity index (χ4v) is 12.5. The van der Waals surface area contributed by atoms with Gasteiger partial charge in [-0.05, 0) is 55.4 Å². The van der Waals surface area contributed by atoms with Gasteiger partial charge in [0.05, 0.1) is 7.11 Å². The zero-order valence-corrected chi connectivity index (χ0v) is 28.6. The molecule has 0 aromatic heterocycles. The van der Waals surface area contributed by atoms with Crippen LogP contribution in [0.3, 0.4) is 0 Å². The number of aryl methyl sites for hydroxylation is 4. The van der Waals surface area contributed by atoms with Crippen molar-refractivity contribution in [3.8, 4) is 5.75 Å². The van der Waals surface area contributed by atoms with Crippen LogP contribution in [0.1, 0.15) is 49.9 Å². The quantitative estimate of drug-likeness (QED) is 0.171. The van der Waals surface area contributed by atoms with Crippen molar-refractivity contribution in [2.24, 2.45) is 0 Å². The normalized spacial score (nSPS) is 16.4. The van der Waals surface area contributed by atoms with E-state index >= 15 is 0 Å². The first-order chi connectivity index (χ1) is 16.0. The molecule has 0 aliphatic heterocycles. The average molecular weight is 620 g/mol. The van der Waals surface area contributed by atoms with Crippen molar-refractivity contribution in [3.05, 3.63) is 106 Å². The van der Waals surface area contributed by atoms with Gasteiger partial charge in [-0.25, -0.2) is 5.57 Å². The number of benzene rings is 3.